The molecule has 1 N–H and O–H groups in total. The van der Waals surface area contributed by atoms with Crippen LogP contribution in [0.25, 0.3) is 11.3 Å². The van der Waals surface area contributed by atoms with Crippen LogP contribution in [0.5, 0.6) is 5.75 Å². The third kappa shape index (κ3) is 5.95. The number of halogens is 3. The van der Waals surface area contributed by atoms with Gasteiger partial charge in [0.05, 0.1) is 31.9 Å². The minimum absolute atomic E-state index is 0.0881. The minimum Gasteiger partial charge on any atom is -0.489 e. The van der Waals surface area contributed by atoms with Crippen molar-refractivity contribution in [2.75, 3.05) is 18.0 Å². The molecule has 1 aliphatic heterocycles. The zero-order chi connectivity index (χ0) is 28.4. The number of nitrogens with zero attached hydrogens (tertiary/aromatic N) is 2. The summed E-state index contributed by atoms with van der Waals surface area (Å²) < 4.78 is 11.9. The molecule has 9 heteroatoms. The van der Waals surface area contributed by atoms with Gasteiger partial charge in [-0.3, -0.25) is 0 Å². The van der Waals surface area contributed by atoms with Crippen molar-refractivity contribution in [1.29, 1.82) is 0 Å². The van der Waals surface area contributed by atoms with Crippen molar-refractivity contribution < 1.29 is 19.2 Å². The van der Waals surface area contributed by atoms with Gasteiger partial charge in [0, 0.05) is 30.6 Å². The lowest BCUT2D eigenvalue weighted by atomic mass is 9.89. The summed E-state index contributed by atoms with van der Waals surface area (Å²) in [6, 6.07) is 18.3. The SMILES string of the molecule is CC(C)c1onc(-c2c(Cl)cccc2Cl)c1COc1ccc(N2CCC(c3ccc(C(=O)O)cc3)CC2)c(Cl)c1. The van der Waals surface area contributed by atoms with Crippen molar-refractivity contribution in [3.8, 4) is 17.0 Å². The second kappa shape index (κ2) is 12.1. The summed E-state index contributed by atoms with van der Waals surface area (Å²) in [4.78, 5) is 13.4. The zero-order valence-electron chi connectivity index (χ0n) is 22.2. The quantitative estimate of drug-likeness (QED) is 0.218. The maximum Gasteiger partial charge on any atom is 0.335 e. The molecule has 1 saturated heterocycles. The van der Waals surface area contributed by atoms with E-state index in [2.05, 4.69) is 10.1 Å². The van der Waals surface area contributed by atoms with Crippen LogP contribution in [-0.2, 0) is 6.61 Å². The van der Waals surface area contributed by atoms with Gasteiger partial charge in [0.2, 0.25) is 0 Å². The Kier molecular flexibility index (Phi) is 8.60. The Balaban J connectivity index is 1.27. The smallest absolute Gasteiger partial charge is 0.335 e. The molecular formula is C31H29Cl3N2O4. The van der Waals surface area contributed by atoms with E-state index in [9.17, 15) is 4.79 Å². The highest BCUT2D eigenvalue weighted by Gasteiger charge is 2.25. The van der Waals surface area contributed by atoms with Crippen LogP contribution in [0.3, 0.4) is 0 Å². The normalized spacial score (nSPS) is 14.1. The molecule has 0 amide bonds. The van der Waals surface area contributed by atoms with Crippen LogP contribution in [0.2, 0.25) is 15.1 Å². The molecule has 1 aliphatic rings. The van der Waals surface area contributed by atoms with Gasteiger partial charge in [-0.25, -0.2) is 4.79 Å². The third-order valence-corrected chi connectivity index (χ3v) is 8.24. The fourth-order valence-corrected chi connectivity index (χ4v) is 6.04. The Morgan fingerprint density at radius 3 is 2.30 bits per heavy atom. The molecule has 0 bridgehead atoms. The van der Waals surface area contributed by atoms with Gasteiger partial charge >= 0.3 is 5.97 Å². The molecule has 40 heavy (non-hydrogen) atoms. The number of aromatic nitrogens is 1. The first-order valence-corrected chi connectivity index (χ1v) is 14.3. The molecule has 0 spiro atoms. The van der Waals surface area contributed by atoms with Crippen molar-refractivity contribution in [2.24, 2.45) is 0 Å². The zero-order valence-corrected chi connectivity index (χ0v) is 24.4. The van der Waals surface area contributed by atoms with Crippen molar-refractivity contribution >= 4 is 46.5 Å². The van der Waals surface area contributed by atoms with Gasteiger partial charge in [0.15, 0.2) is 0 Å². The van der Waals surface area contributed by atoms with Gasteiger partial charge in [0.1, 0.15) is 23.8 Å². The topological polar surface area (TPSA) is 75.8 Å². The summed E-state index contributed by atoms with van der Waals surface area (Å²) in [5.74, 6) is 0.921. The van der Waals surface area contributed by atoms with Crippen LogP contribution in [0.4, 0.5) is 5.69 Å². The Morgan fingerprint density at radius 1 is 1.02 bits per heavy atom. The van der Waals surface area contributed by atoms with E-state index in [4.69, 9.17) is 49.2 Å². The van der Waals surface area contributed by atoms with Gasteiger partial charge in [-0.1, -0.05) is 72.0 Å². The summed E-state index contributed by atoms with van der Waals surface area (Å²) in [6.07, 6.45) is 1.92. The average molecular weight is 600 g/mol. The molecule has 3 aromatic carbocycles. The summed E-state index contributed by atoms with van der Waals surface area (Å²) in [5, 5.41) is 15.0. The van der Waals surface area contributed by atoms with E-state index >= 15 is 0 Å². The Labute approximate surface area is 248 Å². The highest BCUT2D eigenvalue weighted by molar-refractivity contribution is 6.39. The first-order valence-electron chi connectivity index (χ1n) is 13.2. The van der Waals surface area contributed by atoms with E-state index in [-0.39, 0.29) is 12.5 Å². The molecule has 6 nitrogen and oxygen atoms in total. The minimum atomic E-state index is -0.907. The number of benzene rings is 3. The molecule has 0 atom stereocenters. The van der Waals surface area contributed by atoms with E-state index in [0.717, 1.165) is 37.2 Å². The highest BCUT2D eigenvalue weighted by Crippen LogP contribution is 2.40. The van der Waals surface area contributed by atoms with Crippen LogP contribution in [0.15, 0.2) is 65.2 Å². The maximum atomic E-state index is 11.1. The van der Waals surface area contributed by atoms with Gasteiger partial charge < -0.3 is 19.3 Å². The summed E-state index contributed by atoms with van der Waals surface area (Å²) in [5.41, 5.74) is 4.43. The van der Waals surface area contributed by atoms with Gasteiger partial charge in [0.25, 0.3) is 0 Å². The predicted molar refractivity (Wildman–Crippen MR) is 159 cm³/mol. The van der Waals surface area contributed by atoms with Crippen LogP contribution >= 0.6 is 34.8 Å². The molecule has 1 aromatic heterocycles. The van der Waals surface area contributed by atoms with Gasteiger partial charge in [-0.15, -0.1) is 0 Å². The lowest BCUT2D eigenvalue weighted by Crippen LogP contribution is -2.33. The Hall–Kier alpha value is -3.19. The highest BCUT2D eigenvalue weighted by atomic mass is 35.5. The molecule has 1 fully saturated rings. The second-order valence-electron chi connectivity index (χ2n) is 10.2. The molecule has 0 radical (unpaired) electrons. The van der Waals surface area contributed by atoms with E-state index < -0.39 is 5.97 Å². The summed E-state index contributed by atoms with van der Waals surface area (Å²) >= 11 is 19.7. The lowest BCUT2D eigenvalue weighted by Gasteiger charge is -2.34. The fraction of sp³-hybridized carbons (Fsp3) is 0.290. The van der Waals surface area contributed by atoms with Crippen molar-refractivity contribution in [3.05, 3.63) is 98.2 Å². The number of hydrogen-bond acceptors (Lipinski definition) is 5. The molecule has 5 rings (SSSR count). The van der Waals surface area contributed by atoms with Crippen molar-refractivity contribution in [3.63, 3.8) is 0 Å². The molecule has 4 aromatic rings. The number of carboxylic acid groups (broad SMARTS) is 1. The first kappa shape index (κ1) is 28.3. The molecule has 2 heterocycles. The number of ether oxygens (including phenoxy) is 1. The second-order valence-corrected chi connectivity index (χ2v) is 11.4. The van der Waals surface area contributed by atoms with Crippen LogP contribution in [0.1, 0.15) is 65.8 Å². The molecule has 0 saturated carbocycles. The number of rotatable bonds is 8. The standard InChI is InChI=1S/C31H29Cl3N2O4/c1-18(2)30-23(29(35-40-30)28-24(32)4-3-5-25(28)33)17-39-22-10-11-27(26(34)16-22)36-14-12-20(13-15-36)19-6-8-21(9-7-19)31(37)38/h3-11,16,18,20H,12-15,17H2,1-2H3,(H,37,38). The van der Waals surface area contributed by atoms with E-state index in [1.54, 1.807) is 30.3 Å². The molecule has 208 valence electrons. The lowest BCUT2D eigenvalue weighted by molar-refractivity contribution is 0.0697. The van der Waals surface area contributed by atoms with Crippen molar-refractivity contribution in [1.82, 2.24) is 5.16 Å². The Morgan fingerprint density at radius 2 is 1.70 bits per heavy atom. The number of carbonyl (C=O) groups is 1. The van der Waals surface area contributed by atoms with E-state index in [1.165, 1.54) is 5.56 Å². The number of anilines is 1. The summed E-state index contributed by atoms with van der Waals surface area (Å²) in [7, 11) is 0. The molecule has 0 unspecified atom stereocenters. The van der Waals surface area contributed by atoms with Crippen molar-refractivity contribution in [2.45, 2.75) is 45.1 Å². The largest absolute Gasteiger partial charge is 0.489 e. The third-order valence-electron chi connectivity index (χ3n) is 7.31. The van der Waals surface area contributed by atoms with Crippen LogP contribution in [0, 0.1) is 0 Å². The molecular weight excluding hydrogens is 571 g/mol. The number of carboxylic acids is 1. The molecule has 0 aliphatic carbocycles. The summed E-state index contributed by atoms with van der Waals surface area (Å²) in [6.45, 7) is 5.98. The van der Waals surface area contributed by atoms with E-state index in [1.807, 2.05) is 44.2 Å². The number of aromatic carboxylic acids is 1. The monoisotopic (exact) mass is 598 g/mol. The van der Waals surface area contributed by atoms with Crippen LogP contribution < -0.4 is 9.64 Å². The van der Waals surface area contributed by atoms with Crippen LogP contribution in [-0.4, -0.2) is 29.3 Å². The number of piperidine rings is 1. The Bertz CT molecular complexity index is 1490. The van der Waals surface area contributed by atoms with E-state index in [0.29, 0.717) is 49.3 Å². The predicted octanol–water partition coefficient (Wildman–Crippen LogP) is 9.09. The maximum absolute atomic E-state index is 11.1. The average Bonchev–Trinajstić information content (AvgIpc) is 3.36. The number of hydrogen-bond donors (Lipinski definition) is 1. The first-order chi connectivity index (χ1) is 19.2. The fourth-order valence-electron chi connectivity index (χ4n) is 5.18. The van der Waals surface area contributed by atoms with Gasteiger partial charge in [-0.2, -0.15) is 0 Å². The van der Waals surface area contributed by atoms with Gasteiger partial charge in [-0.05, 0) is 60.7 Å².